The van der Waals surface area contributed by atoms with Gasteiger partial charge in [0.05, 0.1) is 6.42 Å². The highest BCUT2D eigenvalue weighted by Gasteiger charge is 2.12. The molecule has 0 saturated carbocycles. The van der Waals surface area contributed by atoms with Gasteiger partial charge in [0.25, 0.3) is 0 Å². The Labute approximate surface area is 144 Å². The molecule has 1 amide bonds. The maximum atomic E-state index is 12.1. The van der Waals surface area contributed by atoms with Crippen LogP contribution in [0, 0.1) is 0 Å². The number of aryl methyl sites for hydroxylation is 1. The number of hydrogen-bond donors (Lipinski definition) is 3. The van der Waals surface area contributed by atoms with E-state index in [2.05, 4.69) is 26.1 Å². The first-order valence-electron chi connectivity index (χ1n) is 7.30. The summed E-state index contributed by atoms with van der Waals surface area (Å²) >= 11 is 5.13. The third-order valence-corrected chi connectivity index (χ3v) is 3.59. The second-order valence-electron chi connectivity index (χ2n) is 5.10. The molecule has 0 saturated heterocycles. The minimum absolute atomic E-state index is 0.119. The lowest BCUT2D eigenvalue weighted by atomic mass is 10.3. The molecule has 0 aliphatic carbocycles. The van der Waals surface area contributed by atoms with Gasteiger partial charge in [0, 0.05) is 18.9 Å². The lowest BCUT2D eigenvalue weighted by Gasteiger charge is -2.11. The van der Waals surface area contributed by atoms with Gasteiger partial charge >= 0.3 is 0 Å². The number of nitrogens with zero attached hydrogens (tertiary/aromatic N) is 3. The van der Waals surface area contributed by atoms with Crippen molar-refractivity contribution in [3.63, 3.8) is 0 Å². The van der Waals surface area contributed by atoms with Crippen molar-refractivity contribution in [3.8, 4) is 0 Å². The number of amides is 1. The summed E-state index contributed by atoms with van der Waals surface area (Å²) in [5.41, 5.74) is 7.57. The third-order valence-electron chi connectivity index (χ3n) is 3.39. The van der Waals surface area contributed by atoms with E-state index >= 15 is 0 Å². The number of nitrogens with one attached hydrogen (secondary N) is 3. The van der Waals surface area contributed by atoms with Crippen LogP contribution in [0.3, 0.4) is 0 Å². The van der Waals surface area contributed by atoms with Crippen molar-refractivity contribution in [2.24, 2.45) is 7.05 Å². The first-order chi connectivity index (χ1) is 11.6. The van der Waals surface area contributed by atoms with Crippen molar-refractivity contribution < 1.29 is 4.79 Å². The Hall–Kier alpha value is -3.00. The Morgan fingerprint density at radius 2 is 1.96 bits per heavy atom. The number of anilines is 1. The summed E-state index contributed by atoms with van der Waals surface area (Å²) in [4.78, 5) is 20.7. The van der Waals surface area contributed by atoms with Crippen LogP contribution in [0.1, 0.15) is 5.82 Å². The first-order valence-corrected chi connectivity index (χ1v) is 7.71. The number of benzene rings is 1. The number of hydrazine groups is 1. The van der Waals surface area contributed by atoms with Crippen LogP contribution < -0.4 is 16.2 Å². The van der Waals surface area contributed by atoms with Crippen molar-refractivity contribution in [1.82, 2.24) is 25.4 Å². The van der Waals surface area contributed by atoms with Gasteiger partial charge in [0.2, 0.25) is 5.91 Å². The standard InChI is InChI=1S/C16H16N6OS/c1-22-13(19-12-8-5-9-17-15(12)22)10-14(23)20-21-16(24)18-11-6-3-2-4-7-11/h2-9H,10H2,1H3,(H,20,23)(H2,18,21,24). The van der Waals surface area contributed by atoms with Crippen molar-refractivity contribution in [3.05, 3.63) is 54.5 Å². The number of aromatic nitrogens is 3. The highest BCUT2D eigenvalue weighted by Crippen LogP contribution is 2.11. The van der Waals surface area contributed by atoms with Crippen LogP contribution in [-0.4, -0.2) is 25.6 Å². The fraction of sp³-hybridized carbons (Fsp3) is 0.125. The Kier molecular flexibility index (Phi) is 4.66. The molecule has 0 bridgehead atoms. The van der Waals surface area contributed by atoms with Crippen LogP contribution in [0.5, 0.6) is 0 Å². The molecule has 2 aromatic heterocycles. The fourth-order valence-corrected chi connectivity index (χ4v) is 2.40. The molecule has 0 fully saturated rings. The van der Waals surface area contributed by atoms with Gasteiger partial charge in [-0.2, -0.15) is 0 Å². The van der Waals surface area contributed by atoms with Crippen molar-refractivity contribution >= 4 is 40.1 Å². The lowest BCUT2D eigenvalue weighted by molar-refractivity contribution is -0.121. The number of imidazole rings is 1. The fourth-order valence-electron chi connectivity index (χ4n) is 2.23. The van der Waals surface area contributed by atoms with Gasteiger partial charge in [-0.15, -0.1) is 0 Å². The minimum Gasteiger partial charge on any atom is -0.331 e. The van der Waals surface area contributed by atoms with E-state index in [0.717, 1.165) is 16.9 Å². The summed E-state index contributed by atoms with van der Waals surface area (Å²) in [6.07, 6.45) is 1.82. The zero-order chi connectivity index (χ0) is 16.9. The highest BCUT2D eigenvalue weighted by atomic mass is 32.1. The molecule has 3 rings (SSSR count). The minimum atomic E-state index is -0.245. The topological polar surface area (TPSA) is 83.9 Å². The molecule has 3 N–H and O–H groups in total. The Morgan fingerprint density at radius 1 is 1.17 bits per heavy atom. The predicted molar refractivity (Wildman–Crippen MR) is 96.2 cm³/mol. The SMILES string of the molecule is Cn1c(CC(=O)NNC(=S)Nc2ccccc2)nc2cccnc21. The average molecular weight is 340 g/mol. The van der Waals surface area contributed by atoms with E-state index in [1.54, 1.807) is 10.8 Å². The Morgan fingerprint density at radius 3 is 2.71 bits per heavy atom. The van der Waals surface area contributed by atoms with Crippen LogP contribution in [0.2, 0.25) is 0 Å². The normalized spacial score (nSPS) is 10.4. The maximum absolute atomic E-state index is 12.1. The number of carbonyl (C=O) groups excluding carboxylic acids is 1. The molecule has 0 radical (unpaired) electrons. The van der Waals surface area contributed by atoms with Gasteiger partial charge in [0.15, 0.2) is 10.8 Å². The monoisotopic (exact) mass is 340 g/mol. The van der Waals surface area contributed by atoms with E-state index in [-0.39, 0.29) is 12.3 Å². The van der Waals surface area contributed by atoms with Crippen LogP contribution in [0.15, 0.2) is 48.7 Å². The van der Waals surface area contributed by atoms with Crippen molar-refractivity contribution in [1.29, 1.82) is 0 Å². The lowest BCUT2D eigenvalue weighted by Crippen LogP contribution is -2.44. The molecule has 7 nitrogen and oxygen atoms in total. The Balaban J connectivity index is 1.55. The van der Waals surface area contributed by atoms with Crippen LogP contribution in [-0.2, 0) is 18.3 Å². The van der Waals surface area contributed by atoms with Gasteiger partial charge in [-0.1, -0.05) is 18.2 Å². The summed E-state index contributed by atoms with van der Waals surface area (Å²) in [6.45, 7) is 0. The van der Waals surface area contributed by atoms with E-state index in [9.17, 15) is 4.79 Å². The smallest absolute Gasteiger partial charge is 0.245 e. The molecule has 8 heteroatoms. The summed E-state index contributed by atoms with van der Waals surface area (Å²) in [6, 6.07) is 13.1. The number of hydrogen-bond acceptors (Lipinski definition) is 4. The van der Waals surface area contributed by atoms with E-state index < -0.39 is 0 Å². The third kappa shape index (κ3) is 3.66. The van der Waals surface area contributed by atoms with Crippen molar-refractivity contribution in [2.75, 3.05) is 5.32 Å². The van der Waals surface area contributed by atoms with E-state index in [1.165, 1.54) is 0 Å². The number of thiocarbonyl (C=S) groups is 1. The average Bonchev–Trinajstić information content (AvgIpc) is 2.90. The summed E-state index contributed by atoms with van der Waals surface area (Å²) in [5, 5.41) is 3.28. The van der Waals surface area contributed by atoms with Gasteiger partial charge in [-0.3, -0.25) is 15.6 Å². The second kappa shape index (κ2) is 7.05. The quantitative estimate of drug-likeness (QED) is 0.495. The van der Waals surface area contributed by atoms with Crippen molar-refractivity contribution in [2.45, 2.75) is 6.42 Å². The molecule has 0 aliphatic heterocycles. The van der Waals surface area contributed by atoms with E-state index in [1.807, 2.05) is 49.5 Å². The second-order valence-corrected chi connectivity index (χ2v) is 5.51. The van der Waals surface area contributed by atoms with Crippen LogP contribution >= 0.6 is 12.2 Å². The molecule has 0 unspecified atom stereocenters. The number of para-hydroxylation sites is 1. The zero-order valence-electron chi connectivity index (χ0n) is 13.0. The number of rotatable bonds is 3. The predicted octanol–water partition coefficient (Wildman–Crippen LogP) is 1.53. The van der Waals surface area contributed by atoms with Crippen LogP contribution in [0.4, 0.5) is 5.69 Å². The van der Waals surface area contributed by atoms with Gasteiger partial charge in [-0.05, 0) is 36.5 Å². The molecular formula is C16H16N6OS. The zero-order valence-corrected chi connectivity index (χ0v) is 13.8. The first kappa shape index (κ1) is 15.9. The molecule has 1 aromatic carbocycles. The Bertz CT molecular complexity index is 877. The number of carbonyl (C=O) groups is 1. The van der Waals surface area contributed by atoms with E-state index in [4.69, 9.17) is 12.2 Å². The summed E-state index contributed by atoms with van der Waals surface area (Å²) in [7, 11) is 1.83. The summed E-state index contributed by atoms with van der Waals surface area (Å²) in [5.74, 6) is 0.385. The van der Waals surface area contributed by atoms with Gasteiger partial charge in [-0.25, -0.2) is 9.97 Å². The van der Waals surface area contributed by atoms with Gasteiger partial charge in [0.1, 0.15) is 11.3 Å². The molecule has 122 valence electrons. The number of pyridine rings is 1. The molecule has 24 heavy (non-hydrogen) atoms. The van der Waals surface area contributed by atoms with Gasteiger partial charge < -0.3 is 9.88 Å². The number of fused-ring (bicyclic) bond motifs is 1. The largest absolute Gasteiger partial charge is 0.331 e. The molecule has 0 aliphatic rings. The van der Waals surface area contributed by atoms with Crippen LogP contribution in [0.25, 0.3) is 11.2 Å². The van der Waals surface area contributed by atoms with E-state index in [0.29, 0.717) is 10.9 Å². The highest BCUT2D eigenvalue weighted by molar-refractivity contribution is 7.80. The summed E-state index contributed by atoms with van der Waals surface area (Å²) < 4.78 is 1.80. The molecule has 3 aromatic rings. The molecule has 2 heterocycles. The maximum Gasteiger partial charge on any atom is 0.245 e. The molecular weight excluding hydrogens is 324 g/mol. The molecule has 0 spiro atoms. The molecule has 0 atom stereocenters.